The molecule has 0 aliphatic heterocycles. The number of carbonyl (C=O) groups is 1. The fourth-order valence-electron chi connectivity index (χ4n) is 2.58. The van der Waals surface area contributed by atoms with Gasteiger partial charge in [-0.1, -0.05) is 30.3 Å². The molecule has 4 N–H and O–H groups in total. The summed E-state index contributed by atoms with van der Waals surface area (Å²) in [6.07, 6.45) is 1.46. The number of hydrogen-bond donors (Lipinski definition) is 3. The molecule has 6 nitrogen and oxygen atoms in total. The number of para-hydroxylation sites is 1. The second-order valence-corrected chi connectivity index (χ2v) is 6.66. The van der Waals surface area contributed by atoms with E-state index in [9.17, 15) is 4.79 Å². The van der Waals surface area contributed by atoms with E-state index in [0.29, 0.717) is 11.5 Å². The van der Waals surface area contributed by atoms with E-state index in [0.717, 1.165) is 26.3 Å². The molecule has 4 rings (SSSR count). The van der Waals surface area contributed by atoms with Crippen LogP contribution in [0, 0.1) is 0 Å². The van der Waals surface area contributed by atoms with Crippen LogP contribution in [0.4, 0.5) is 22.0 Å². The van der Waals surface area contributed by atoms with Gasteiger partial charge >= 0.3 is 6.03 Å². The third-order valence-corrected chi connectivity index (χ3v) is 4.97. The molecule has 0 unspecified atom stereocenters. The van der Waals surface area contributed by atoms with Crippen molar-refractivity contribution in [3.63, 3.8) is 0 Å². The van der Waals surface area contributed by atoms with Crippen LogP contribution in [-0.2, 0) is 0 Å². The van der Waals surface area contributed by atoms with Gasteiger partial charge in [-0.05, 0) is 35.9 Å². The number of aromatic nitrogens is 2. The van der Waals surface area contributed by atoms with E-state index in [4.69, 9.17) is 5.73 Å². The fraction of sp³-hybridized carbons (Fsp3) is 0. The topological polar surface area (TPSA) is 92.9 Å². The van der Waals surface area contributed by atoms with Gasteiger partial charge in [0.15, 0.2) is 0 Å². The smallest absolute Gasteiger partial charge is 0.323 e. The summed E-state index contributed by atoms with van der Waals surface area (Å²) in [6.45, 7) is 0. The van der Waals surface area contributed by atoms with Crippen LogP contribution in [0.15, 0.2) is 67.0 Å². The zero-order valence-corrected chi connectivity index (χ0v) is 14.5. The van der Waals surface area contributed by atoms with Crippen LogP contribution in [-0.4, -0.2) is 16.0 Å². The molecule has 26 heavy (non-hydrogen) atoms. The van der Waals surface area contributed by atoms with Crippen molar-refractivity contribution in [1.82, 2.24) is 9.97 Å². The molecule has 2 amide bonds. The summed E-state index contributed by atoms with van der Waals surface area (Å²) in [5.41, 5.74) is 9.14. The molecule has 2 aromatic carbocycles. The van der Waals surface area contributed by atoms with Crippen LogP contribution in [0.2, 0.25) is 0 Å². The zero-order valence-electron chi connectivity index (χ0n) is 13.6. The summed E-state index contributed by atoms with van der Waals surface area (Å²) in [4.78, 5) is 21.4. The Balaban J connectivity index is 1.56. The number of carbonyl (C=O) groups excluding carboxylic acids is 1. The van der Waals surface area contributed by atoms with Crippen molar-refractivity contribution in [1.29, 1.82) is 0 Å². The van der Waals surface area contributed by atoms with Crippen molar-refractivity contribution >= 4 is 44.8 Å². The molecule has 2 aromatic heterocycles. The number of nitrogens with zero attached hydrogens (tertiary/aromatic N) is 2. The van der Waals surface area contributed by atoms with Crippen molar-refractivity contribution in [3.8, 4) is 10.4 Å². The van der Waals surface area contributed by atoms with Gasteiger partial charge in [0.2, 0.25) is 0 Å². The predicted octanol–water partition coefficient (Wildman–Crippen LogP) is 4.58. The third kappa shape index (κ3) is 3.33. The number of nitrogens with two attached hydrogens (primary N) is 1. The molecule has 0 radical (unpaired) electrons. The lowest BCUT2D eigenvalue weighted by atomic mass is 10.1. The molecule has 0 spiro atoms. The van der Waals surface area contributed by atoms with Crippen molar-refractivity contribution in [3.05, 3.63) is 67.0 Å². The van der Waals surface area contributed by atoms with Gasteiger partial charge in [-0.2, -0.15) is 0 Å². The highest BCUT2D eigenvalue weighted by molar-refractivity contribution is 7.22. The first kappa shape index (κ1) is 16.0. The largest absolute Gasteiger partial charge is 0.382 e. The maximum atomic E-state index is 12.2. The Bertz CT molecular complexity index is 1080. The first-order chi connectivity index (χ1) is 12.7. The van der Waals surface area contributed by atoms with Gasteiger partial charge in [0.05, 0.1) is 10.2 Å². The maximum Gasteiger partial charge on any atom is 0.323 e. The Morgan fingerprint density at radius 3 is 2.50 bits per heavy atom. The minimum absolute atomic E-state index is 0.292. The Kier molecular flexibility index (Phi) is 4.20. The molecule has 128 valence electrons. The van der Waals surface area contributed by atoms with Crippen molar-refractivity contribution < 1.29 is 4.79 Å². The van der Waals surface area contributed by atoms with E-state index in [1.165, 1.54) is 17.7 Å². The van der Waals surface area contributed by atoms with E-state index in [2.05, 4.69) is 20.6 Å². The number of nitrogens with one attached hydrogen (secondary N) is 2. The SMILES string of the molecule is Nc1ncnc2cc(-c3cccc(NC(=O)Nc4ccccc4)c3)sc12. The van der Waals surface area contributed by atoms with Crippen LogP contribution in [0.5, 0.6) is 0 Å². The Morgan fingerprint density at radius 2 is 1.69 bits per heavy atom. The standard InChI is InChI=1S/C19H15N5OS/c20-18-17-15(21-11-22-18)10-16(26-17)12-5-4-8-14(9-12)24-19(25)23-13-6-2-1-3-7-13/h1-11H,(H2,20,21,22)(H2,23,24,25). The first-order valence-electron chi connectivity index (χ1n) is 7.92. The molecule has 0 aliphatic carbocycles. The average Bonchev–Trinajstić information content (AvgIpc) is 3.08. The van der Waals surface area contributed by atoms with Crippen LogP contribution < -0.4 is 16.4 Å². The lowest BCUT2D eigenvalue weighted by Crippen LogP contribution is -2.19. The highest BCUT2D eigenvalue weighted by Crippen LogP contribution is 2.35. The van der Waals surface area contributed by atoms with Crippen LogP contribution in [0.3, 0.4) is 0 Å². The van der Waals surface area contributed by atoms with E-state index in [-0.39, 0.29) is 6.03 Å². The molecule has 2 heterocycles. The first-order valence-corrected chi connectivity index (χ1v) is 8.74. The second kappa shape index (κ2) is 6.81. The van der Waals surface area contributed by atoms with Gasteiger partial charge < -0.3 is 16.4 Å². The van der Waals surface area contributed by atoms with Crippen molar-refractivity contribution in [2.45, 2.75) is 0 Å². The number of anilines is 3. The van der Waals surface area contributed by atoms with E-state index in [1.54, 1.807) is 0 Å². The molecular weight excluding hydrogens is 346 g/mol. The van der Waals surface area contributed by atoms with Gasteiger partial charge in [-0.25, -0.2) is 14.8 Å². The molecule has 0 bridgehead atoms. The number of fused-ring (bicyclic) bond motifs is 1. The van der Waals surface area contributed by atoms with E-state index >= 15 is 0 Å². The molecule has 4 aromatic rings. The van der Waals surface area contributed by atoms with Crippen LogP contribution in [0.1, 0.15) is 0 Å². The molecular formula is C19H15N5OS. The highest BCUT2D eigenvalue weighted by atomic mass is 32.1. The molecule has 7 heteroatoms. The van der Waals surface area contributed by atoms with Crippen molar-refractivity contribution in [2.24, 2.45) is 0 Å². The van der Waals surface area contributed by atoms with Gasteiger partial charge in [0.25, 0.3) is 0 Å². The normalized spacial score (nSPS) is 10.6. The number of nitrogen functional groups attached to an aromatic ring is 1. The molecule has 0 saturated heterocycles. The Morgan fingerprint density at radius 1 is 0.923 bits per heavy atom. The minimum Gasteiger partial charge on any atom is -0.382 e. The number of thiophene rings is 1. The van der Waals surface area contributed by atoms with Gasteiger partial charge in [-0.15, -0.1) is 11.3 Å². The van der Waals surface area contributed by atoms with Crippen molar-refractivity contribution in [2.75, 3.05) is 16.4 Å². The number of benzene rings is 2. The number of urea groups is 1. The summed E-state index contributed by atoms with van der Waals surface area (Å²) in [5.74, 6) is 0.475. The Hall–Kier alpha value is -3.45. The quantitative estimate of drug-likeness (QED) is 0.498. The fourth-order valence-corrected chi connectivity index (χ4v) is 3.59. The molecule has 0 saturated carbocycles. The zero-order chi connectivity index (χ0) is 17.9. The minimum atomic E-state index is -0.292. The van der Waals surface area contributed by atoms with Gasteiger partial charge in [-0.3, -0.25) is 0 Å². The Labute approximate surface area is 153 Å². The van der Waals surface area contributed by atoms with Crippen LogP contribution in [0.25, 0.3) is 20.7 Å². The number of hydrogen-bond acceptors (Lipinski definition) is 5. The summed E-state index contributed by atoms with van der Waals surface area (Å²) in [6, 6.07) is 18.6. The van der Waals surface area contributed by atoms with Gasteiger partial charge in [0, 0.05) is 16.3 Å². The lowest BCUT2D eigenvalue weighted by Gasteiger charge is -2.08. The average molecular weight is 361 g/mol. The monoisotopic (exact) mass is 361 g/mol. The summed E-state index contributed by atoms with van der Waals surface area (Å²) in [5, 5.41) is 5.64. The molecule has 0 atom stereocenters. The molecule has 0 aliphatic rings. The highest BCUT2D eigenvalue weighted by Gasteiger charge is 2.09. The second-order valence-electron chi connectivity index (χ2n) is 5.61. The predicted molar refractivity (Wildman–Crippen MR) is 106 cm³/mol. The lowest BCUT2D eigenvalue weighted by molar-refractivity contribution is 0.262. The number of amides is 2. The van der Waals surface area contributed by atoms with Gasteiger partial charge in [0.1, 0.15) is 12.1 Å². The van der Waals surface area contributed by atoms with Crippen LogP contribution >= 0.6 is 11.3 Å². The maximum absolute atomic E-state index is 12.2. The van der Waals surface area contributed by atoms with E-state index < -0.39 is 0 Å². The summed E-state index contributed by atoms with van der Waals surface area (Å²) >= 11 is 1.53. The third-order valence-electron chi connectivity index (χ3n) is 3.78. The number of rotatable bonds is 3. The summed E-state index contributed by atoms with van der Waals surface area (Å²) < 4.78 is 0.864. The summed E-state index contributed by atoms with van der Waals surface area (Å²) in [7, 11) is 0. The van der Waals surface area contributed by atoms with E-state index in [1.807, 2.05) is 60.7 Å². The molecule has 0 fully saturated rings.